The standard InChI is InChI=1S/C28H22N5O6PS/c34-22-23-20(14-37-40(36)39-23)38-26(22)33-24-21(30-28(33)41-18-11-10-15-6-4-5-9-17(15)12-18)25(35)32-13-19(29-27(32)31-24)16-7-2-1-3-8-16/h1-13,20,22-23,26,34,36H,14H2,(H,29,31)/t20?,22?,23-,26-,40?/m1/s1. The minimum Gasteiger partial charge on any atom is -0.386 e. The van der Waals surface area contributed by atoms with E-state index in [1.54, 1.807) is 10.8 Å². The second kappa shape index (κ2) is 9.74. The minimum absolute atomic E-state index is 0.0671. The van der Waals surface area contributed by atoms with Crippen LogP contribution in [0.5, 0.6) is 0 Å². The van der Waals surface area contributed by atoms with Crippen LogP contribution >= 0.6 is 20.4 Å². The summed E-state index contributed by atoms with van der Waals surface area (Å²) >= 11 is 1.34. The van der Waals surface area contributed by atoms with Crippen molar-refractivity contribution >= 4 is 48.1 Å². The van der Waals surface area contributed by atoms with Gasteiger partial charge in [-0.15, -0.1) is 0 Å². The van der Waals surface area contributed by atoms with Crippen LogP contribution in [-0.4, -0.2) is 58.8 Å². The highest BCUT2D eigenvalue weighted by molar-refractivity contribution is 7.99. The topological polar surface area (TPSA) is 136 Å². The number of nitrogens with one attached hydrogen (secondary N) is 1. The number of H-pyrrole nitrogens is 1. The van der Waals surface area contributed by atoms with Crippen molar-refractivity contribution in [2.24, 2.45) is 0 Å². The summed E-state index contributed by atoms with van der Waals surface area (Å²) in [5, 5.41) is 13.9. The lowest BCUT2D eigenvalue weighted by Gasteiger charge is -2.27. The van der Waals surface area contributed by atoms with Crippen molar-refractivity contribution < 1.29 is 23.8 Å². The number of nitrogens with zero attached hydrogens (tertiary/aromatic N) is 4. The number of aromatic nitrogens is 5. The lowest BCUT2D eigenvalue weighted by molar-refractivity contribution is -0.0614. The molecular formula is C28H22N5O6PS. The van der Waals surface area contributed by atoms with Crippen LogP contribution in [-0.2, 0) is 13.8 Å². The van der Waals surface area contributed by atoms with Gasteiger partial charge in [-0.25, -0.2) is 9.38 Å². The molecule has 0 amide bonds. The molecule has 2 aliphatic rings. The number of hydrogen-bond donors (Lipinski definition) is 3. The third-order valence-corrected chi connectivity index (χ3v) is 9.11. The first-order chi connectivity index (χ1) is 20.0. The average molecular weight is 588 g/mol. The van der Waals surface area contributed by atoms with Gasteiger partial charge >= 0.3 is 8.60 Å². The molecule has 2 aliphatic heterocycles. The second-order valence-electron chi connectivity index (χ2n) is 9.85. The molecule has 0 bridgehead atoms. The largest absolute Gasteiger partial charge is 0.386 e. The molecule has 206 valence electrons. The van der Waals surface area contributed by atoms with Gasteiger partial charge in [0.25, 0.3) is 5.56 Å². The van der Waals surface area contributed by atoms with Crippen LogP contribution in [0.4, 0.5) is 0 Å². The first-order valence-corrected chi connectivity index (χ1v) is 14.9. The maximum atomic E-state index is 13.8. The number of rotatable bonds is 4. The predicted octanol–water partition coefficient (Wildman–Crippen LogP) is 4.24. The zero-order valence-electron chi connectivity index (χ0n) is 21.2. The zero-order chi connectivity index (χ0) is 27.7. The van der Waals surface area contributed by atoms with E-state index < -0.39 is 33.1 Å². The Balaban J connectivity index is 1.30. The molecule has 6 aromatic rings. The third kappa shape index (κ3) is 4.19. The molecule has 3 N–H and O–H groups in total. The summed E-state index contributed by atoms with van der Waals surface area (Å²) in [6.07, 6.45) is -1.87. The van der Waals surface area contributed by atoms with Gasteiger partial charge in [0.05, 0.1) is 12.3 Å². The van der Waals surface area contributed by atoms with Gasteiger partial charge in [0.2, 0.25) is 5.78 Å². The van der Waals surface area contributed by atoms with Crippen molar-refractivity contribution in [3.05, 3.63) is 89.3 Å². The van der Waals surface area contributed by atoms with Gasteiger partial charge in [-0.2, -0.15) is 4.98 Å². The Bertz CT molecular complexity index is 2000. The van der Waals surface area contributed by atoms with Crippen LogP contribution < -0.4 is 5.56 Å². The van der Waals surface area contributed by atoms with Crippen molar-refractivity contribution in [3.63, 3.8) is 0 Å². The summed E-state index contributed by atoms with van der Waals surface area (Å²) < 4.78 is 20.0. The van der Waals surface area contributed by atoms with Gasteiger partial charge in [-0.05, 0) is 28.5 Å². The number of aliphatic hydroxyl groups excluding tert-OH is 1. The molecule has 5 heterocycles. The molecule has 8 rings (SSSR count). The number of fused-ring (bicyclic) bond motifs is 4. The maximum absolute atomic E-state index is 13.8. The average Bonchev–Trinajstić information content (AvgIpc) is 3.67. The van der Waals surface area contributed by atoms with Crippen molar-refractivity contribution in [1.82, 2.24) is 23.9 Å². The molecule has 0 aliphatic carbocycles. The molecular weight excluding hydrogens is 565 g/mol. The van der Waals surface area contributed by atoms with E-state index in [0.717, 1.165) is 26.9 Å². The molecule has 3 unspecified atom stereocenters. The lowest BCUT2D eigenvalue weighted by atomic mass is 10.1. The van der Waals surface area contributed by atoms with E-state index >= 15 is 0 Å². The van der Waals surface area contributed by atoms with Gasteiger partial charge < -0.3 is 28.8 Å². The Kier molecular flexibility index (Phi) is 5.97. The van der Waals surface area contributed by atoms with E-state index in [2.05, 4.69) is 4.98 Å². The zero-order valence-corrected chi connectivity index (χ0v) is 22.9. The summed E-state index contributed by atoms with van der Waals surface area (Å²) in [6, 6.07) is 23.7. The van der Waals surface area contributed by atoms with Crippen LogP contribution in [0.15, 0.2) is 93.8 Å². The molecule has 0 spiro atoms. The van der Waals surface area contributed by atoms with Gasteiger partial charge in [-0.1, -0.05) is 72.4 Å². The molecule has 0 saturated carbocycles. The maximum Gasteiger partial charge on any atom is 0.330 e. The highest BCUT2D eigenvalue weighted by atomic mass is 32.2. The Morgan fingerprint density at radius 3 is 2.68 bits per heavy atom. The van der Waals surface area contributed by atoms with Crippen LogP contribution in [0, 0.1) is 0 Å². The number of hydrogen-bond acceptors (Lipinski definition) is 9. The van der Waals surface area contributed by atoms with Crippen molar-refractivity contribution in [2.45, 2.75) is 34.6 Å². The number of aromatic amines is 1. The van der Waals surface area contributed by atoms with Gasteiger partial charge in [-0.3, -0.25) is 9.36 Å². The fourth-order valence-electron chi connectivity index (χ4n) is 5.38. The van der Waals surface area contributed by atoms with E-state index in [4.69, 9.17) is 23.8 Å². The first kappa shape index (κ1) is 25.1. The van der Waals surface area contributed by atoms with Crippen molar-refractivity contribution in [1.29, 1.82) is 0 Å². The van der Waals surface area contributed by atoms with Crippen LogP contribution in [0.25, 0.3) is 39.0 Å². The Hall–Kier alpha value is -3.61. The lowest BCUT2D eigenvalue weighted by Crippen LogP contribution is -2.38. The highest BCUT2D eigenvalue weighted by Crippen LogP contribution is 2.47. The van der Waals surface area contributed by atoms with Gasteiger partial charge in [0, 0.05) is 11.1 Å². The molecule has 2 saturated heterocycles. The smallest absolute Gasteiger partial charge is 0.330 e. The van der Waals surface area contributed by atoms with E-state index in [9.17, 15) is 14.8 Å². The Morgan fingerprint density at radius 2 is 1.83 bits per heavy atom. The highest BCUT2D eigenvalue weighted by Gasteiger charge is 2.50. The molecule has 5 atom stereocenters. The number of aliphatic hydroxyl groups is 1. The van der Waals surface area contributed by atoms with E-state index in [1.165, 1.54) is 16.2 Å². The molecule has 3 aromatic carbocycles. The summed E-state index contributed by atoms with van der Waals surface area (Å²) in [7, 11) is -2.12. The summed E-state index contributed by atoms with van der Waals surface area (Å²) in [5.74, 6) is 0.327. The van der Waals surface area contributed by atoms with Gasteiger partial charge in [0.15, 0.2) is 22.5 Å². The Labute approximate surface area is 237 Å². The monoisotopic (exact) mass is 587 g/mol. The summed E-state index contributed by atoms with van der Waals surface area (Å²) in [6.45, 7) is 0.0671. The normalized spacial score (nSPS) is 24.4. The van der Waals surface area contributed by atoms with Crippen molar-refractivity contribution in [3.8, 4) is 11.3 Å². The van der Waals surface area contributed by atoms with E-state index in [0.29, 0.717) is 10.9 Å². The molecule has 0 radical (unpaired) electrons. The summed E-state index contributed by atoms with van der Waals surface area (Å²) in [5.41, 5.74) is 1.67. The Morgan fingerprint density at radius 1 is 1.02 bits per heavy atom. The van der Waals surface area contributed by atoms with E-state index in [-0.39, 0.29) is 23.3 Å². The second-order valence-corrected chi connectivity index (χ2v) is 11.8. The molecule has 3 aromatic heterocycles. The van der Waals surface area contributed by atoms with Crippen LogP contribution in [0.2, 0.25) is 0 Å². The minimum atomic E-state index is -2.12. The SMILES string of the molecule is O=c1c2nc(Sc3ccc4ccccc4c3)n([C@@H]3OC4COP(O)O[C@H]4C3O)c2nc2[nH]c(-c3ccccc3)cn12. The predicted molar refractivity (Wildman–Crippen MR) is 152 cm³/mol. The molecule has 41 heavy (non-hydrogen) atoms. The van der Waals surface area contributed by atoms with E-state index in [1.807, 2.05) is 72.8 Å². The summed E-state index contributed by atoms with van der Waals surface area (Å²) in [4.78, 5) is 37.3. The molecule has 2 fully saturated rings. The first-order valence-electron chi connectivity index (χ1n) is 12.9. The van der Waals surface area contributed by atoms with Gasteiger partial charge in [0.1, 0.15) is 18.3 Å². The van der Waals surface area contributed by atoms with Crippen LogP contribution in [0.1, 0.15) is 6.23 Å². The molecule has 13 heteroatoms. The fraction of sp³-hybridized carbons (Fsp3) is 0.179. The van der Waals surface area contributed by atoms with Crippen molar-refractivity contribution in [2.75, 3.05) is 6.61 Å². The number of benzene rings is 3. The quantitative estimate of drug-likeness (QED) is 0.259. The fourth-order valence-corrected chi connectivity index (χ4v) is 7.14. The third-order valence-electron chi connectivity index (χ3n) is 7.36. The number of imidazole rings is 2. The molecule has 11 nitrogen and oxygen atoms in total. The van der Waals surface area contributed by atoms with Crippen LogP contribution in [0.3, 0.4) is 0 Å². The number of ether oxygens (including phenoxy) is 1.